The van der Waals surface area contributed by atoms with Crippen LogP contribution in [0.1, 0.15) is 40.5 Å². The van der Waals surface area contributed by atoms with Gasteiger partial charge in [0.25, 0.3) is 5.91 Å². The van der Waals surface area contributed by atoms with Crippen LogP contribution in [0.25, 0.3) is 0 Å². The number of fused-ring (bicyclic) bond motifs is 2. The zero-order valence-corrected chi connectivity index (χ0v) is 25.1. The van der Waals surface area contributed by atoms with E-state index in [2.05, 4.69) is 17.2 Å². The molecule has 11 heteroatoms. The van der Waals surface area contributed by atoms with E-state index >= 15 is 0 Å². The molecule has 0 spiro atoms. The Balaban J connectivity index is 2.62. The predicted octanol–water partition coefficient (Wildman–Crippen LogP) is 2.54. The molecule has 5 N–H and O–H groups in total. The number of allylic oxidation sites excluding steroid dienone is 4. The average molecular weight is 586 g/mol. The summed E-state index contributed by atoms with van der Waals surface area (Å²) in [4.78, 5) is 51.3. The second kappa shape index (κ2) is 16.0. The summed E-state index contributed by atoms with van der Waals surface area (Å²) in [5.74, 6) is -2.14. The molecule has 0 aromatic heterocycles. The molecular formula is C31H43N3O8. The third kappa shape index (κ3) is 9.10. The molecule has 2 bridgehead atoms. The molecule has 0 aromatic rings. The van der Waals surface area contributed by atoms with Gasteiger partial charge in [0.1, 0.15) is 6.10 Å². The fraction of sp³-hybridized carbons (Fsp3) is 0.484. The number of hydrogen-bond donors (Lipinski definition) is 4. The highest BCUT2D eigenvalue weighted by atomic mass is 16.6. The zero-order valence-electron chi connectivity index (χ0n) is 25.1. The van der Waals surface area contributed by atoms with Crippen molar-refractivity contribution < 1.29 is 38.5 Å². The van der Waals surface area contributed by atoms with E-state index in [0.29, 0.717) is 12.0 Å². The number of aliphatic hydroxyl groups excluding tert-OH is 1. The van der Waals surface area contributed by atoms with Gasteiger partial charge in [-0.1, -0.05) is 44.2 Å². The number of carbonyl (C=O) groups excluding carboxylic acids is 4. The van der Waals surface area contributed by atoms with Crippen molar-refractivity contribution in [3.8, 4) is 0 Å². The maximum Gasteiger partial charge on any atom is 0.405 e. The van der Waals surface area contributed by atoms with E-state index in [4.69, 9.17) is 19.9 Å². The summed E-state index contributed by atoms with van der Waals surface area (Å²) >= 11 is 0. The second-order valence-electron chi connectivity index (χ2n) is 10.6. The average Bonchev–Trinajstić information content (AvgIpc) is 2.94. The molecule has 0 radical (unpaired) electrons. The van der Waals surface area contributed by atoms with Gasteiger partial charge >= 0.3 is 6.09 Å². The van der Waals surface area contributed by atoms with Crippen molar-refractivity contribution >= 4 is 23.6 Å². The molecule has 42 heavy (non-hydrogen) atoms. The molecule has 230 valence electrons. The van der Waals surface area contributed by atoms with Gasteiger partial charge in [-0.25, -0.2) is 4.79 Å². The molecule has 1 aliphatic carbocycles. The lowest BCUT2D eigenvalue weighted by atomic mass is 9.85. The Hall–Kier alpha value is -3.80. The lowest BCUT2D eigenvalue weighted by Crippen LogP contribution is -2.37. The Morgan fingerprint density at radius 1 is 1.21 bits per heavy atom. The second-order valence-corrected chi connectivity index (χ2v) is 10.6. The minimum absolute atomic E-state index is 0.132. The Bertz CT molecular complexity index is 1210. The van der Waals surface area contributed by atoms with E-state index in [9.17, 15) is 24.3 Å². The van der Waals surface area contributed by atoms with Gasteiger partial charge in [-0.3, -0.25) is 14.4 Å². The Kier molecular flexibility index (Phi) is 13.1. The van der Waals surface area contributed by atoms with E-state index in [1.165, 1.54) is 20.3 Å². The number of Topliss-reactive ketones (excluding diaryl/α,β-unsaturated/α-hetero) is 1. The third-order valence-electron chi connectivity index (χ3n) is 7.22. The summed E-state index contributed by atoms with van der Waals surface area (Å²) in [6, 6.07) is 0. The summed E-state index contributed by atoms with van der Waals surface area (Å²) in [7, 11) is 2.92. The zero-order chi connectivity index (χ0) is 31.6. The van der Waals surface area contributed by atoms with Crippen LogP contribution in [0, 0.1) is 11.8 Å². The van der Waals surface area contributed by atoms with Crippen LogP contribution in [0.4, 0.5) is 4.79 Å². The lowest BCUT2D eigenvalue weighted by molar-refractivity contribution is -0.120. The van der Waals surface area contributed by atoms with Gasteiger partial charge in [0.15, 0.2) is 6.10 Å². The van der Waals surface area contributed by atoms with Crippen molar-refractivity contribution in [2.75, 3.05) is 20.8 Å². The van der Waals surface area contributed by atoms with Crippen LogP contribution in [-0.2, 0) is 28.6 Å². The molecule has 11 nitrogen and oxygen atoms in total. The molecule has 1 heterocycles. The summed E-state index contributed by atoms with van der Waals surface area (Å²) in [6.07, 6.45) is 5.34. The summed E-state index contributed by atoms with van der Waals surface area (Å²) in [5, 5.41) is 16.7. The minimum Gasteiger partial charge on any atom is -0.439 e. The van der Waals surface area contributed by atoms with Crippen LogP contribution >= 0.6 is 0 Å². The highest BCUT2D eigenvalue weighted by Gasteiger charge is 2.33. The third-order valence-corrected chi connectivity index (χ3v) is 7.22. The number of primary amides is 1. The SMILES string of the molecule is C=CCNC1=C2C[C@H](C)C[C@@H](OC)[C@H](O)[C@H](C)/C=C(/C)[C@H](OC(N)=O)[C@H](OC)/C=C\C=C(\C)C(=O)NC(=CC1=O)C2=O. The normalized spacial score (nSPS) is 31.6. The molecule has 0 saturated carbocycles. The number of nitrogens with one attached hydrogen (secondary N) is 2. The van der Waals surface area contributed by atoms with Gasteiger partial charge < -0.3 is 35.7 Å². The van der Waals surface area contributed by atoms with E-state index in [0.717, 1.165) is 6.08 Å². The van der Waals surface area contributed by atoms with Crippen molar-refractivity contribution in [3.63, 3.8) is 0 Å². The molecule has 1 aliphatic heterocycles. The standard InChI is InChI=1S/C31H43N3O8/c1-8-12-33-26-21-13-17(2)14-25(41-7)27(36)19(4)15-20(5)29(42-31(32)39)24(40-6)11-9-10-18(3)30(38)34-22(28(21)37)16-23(26)35/h8-11,15-17,19,24-25,27,29,33,36H,1,12-14H2,2-7H3,(H2,32,39)(H,34,38)/b11-9-,18-10-,20-15-/t17-,19+,24+,25+,27+,29-/m0/s1. The van der Waals surface area contributed by atoms with E-state index in [-0.39, 0.29) is 41.4 Å². The fourth-order valence-corrected chi connectivity index (χ4v) is 4.95. The van der Waals surface area contributed by atoms with Crippen molar-refractivity contribution in [1.29, 1.82) is 0 Å². The lowest BCUT2D eigenvalue weighted by Gasteiger charge is -2.30. The number of aliphatic hydroxyl groups is 1. The van der Waals surface area contributed by atoms with Crippen molar-refractivity contribution in [2.24, 2.45) is 17.6 Å². The van der Waals surface area contributed by atoms with Gasteiger partial charge in [-0.05, 0) is 38.2 Å². The molecule has 6 atom stereocenters. The first-order valence-electron chi connectivity index (χ1n) is 13.8. The van der Waals surface area contributed by atoms with Gasteiger partial charge in [0.05, 0.1) is 23.6 Å². The number of nitrogens with two attached hydrogens (primary N) is 1. The molecule has 0 aromatic carbocycles. The summed E-state index contributed by atoms with van der Waals surface area (Å²) in [6.45, 7) is 10.9. The van der Waals surface area contributed by atoms with Gasteiger partial charge in [0.2, 0.25) is 11.6 Å². The first-order valence-corrected chi connectivity index (χ1v) is 13.8. The highest BCUT2D eigenvalue weighted by molar-refractivity contribution is 6.23. The Morgan fingerprint density at radius 2 is 1.90 bits per heavy atom. The van der Waals surface area contributed by atoms with E-state index < -0.39 is 53.9 Å². The number of rotatable bonds is 6. The van der Waals surface area contributed by atoms with Crippen LogP contribution < -0.4 is 16.4 Å². The molecule has 2 amide bonds. The monoisotopic (exact) mass is 585 g/mol. The molecule has 0 saturated heterocycles. The smallest absolute Gasteiger partial charge is 0.405 e. The van der Waals surface area contributed by atoms with Crippen LogP contribution in [-0.4, -0.2) is 73.9 Å². The number of methoxy groups -OCH3 is 2. The van der Waals surface area contributed by atoms with Gasteiger partial charge in [0, 0.05) is 43.9 Å². The largest absolute Gasteiger partial charge is 0.439 e. The summed E-state index contributed by atoms with van der Waals surface area (Å²) in [5.41, 5.74) is 6.42. The molecule has 2 rings (SSSR count). The van der Waals surface area contributed by atoms with Crippen LogP contribution in [0.3, 0.4) is 0 Å². The molecule has 0 unspecified atom stereocenters. The Morgan fingerprint density at radius 3 is 2.50 bits per heavy atom. The Labute approximate surface area is 247 Å². The fourth-order valence-electron chi connectivity index (χ4n) is 4.95. The van der Waals surface area contributed by atoms with Crippen molar-refractivity contribution in [2.45, 2.75) is 65.0 Å². The maximum atomic E-state index is 13.5. The number of hydrogen-bond acceptors (Lipinski definition) is 9. The highest BCUT2D eigenvalue weighted by Crippen LogP contribution is 2.28. The predicted molar refractivity (Wildman–Crippen MR) is 158 cm³/mol. The van der Waals surface area contributed by atoms with Gasteiger partial charge in [-0.2, -0.15) is 0 Å². The first-order chi connectivity index (χ1) is 19.8. The molecule has 2 aliphatic rings. The molecule has 0 fully saturated rings. The maximum absolute atomic E-state index is 13.5. The summed E-state index contributed by atoms with van der Waals surface area (Å²) < 4.78 is 16.6. The minimum atomic E-state index is -1.00. The van der Waals surface area contributed by atoms with Crippen LogP contribution in [0.5, 0.6) is 0 Å². The van der Waals surface area contributed by atoms with E-state index in [1.54, 1.807) is 45.1 Å². The number of ether oxygens (including phenoxy) is 3. The molecular weight excluding hydrogens is 542 g/mol. The number of carbonyl (C=O) groups is 4. The number of ketones is 2. The van der Waals surface area contributed by atoms with Crippen LogP contribution in [0.2, 0.25) is 0 Å². The van der Waals surface area contributed by atoms with Gasteiger partial charge in [-0.15, -0.1) is 6.58 Å². The van der Waals surface area contributed by atoms with Crippen LogP contribution in [0.15, 0.2) is 71.1 Å². The van der Waals surface area contributed by atoms with E-state index in [1.807, 2.05) is 6.92 Å². The number of amides is 2. The van der Waals surface area contributed by atoms with Crippen molar-refractivity contribution in [1.82, 2.24) is 10.6 Å². The van der Waals surface area contributed by atoms with Crippen molar-refractivity contribution in [3.05, 3.63) is 71.1 Å². The quantitative estimate of drug-likeness (QED) is 0.271. The topological polar surface area (TPSA) is 166 Å². The first kappa shape index (κ1) is 34.4.